The molecule has 21 heavy (non-hydrogen) atoms. The van der Waals surface area contributed by atoms with E-state index in [1.807, 2.05) is 11.4 Å². The minimum atomic E-state index is -0.992. The van der Waals surface area contributed by atoms with Gasteiger partial charge in [-0.15, -0.1) is 11.3 Å². The number of hydrogen-bond donors (Lipinski definition) is 3. The lowest BCUT2D eigenvalue weighted by Crippen LogP contribution is -2.28. The predicted molar refractivity (Wildman–Crippen MR) is 84.1 cm³/mol. The molecule has 0 saturated carbocycles. The van der Waals surface area contributed by atoms with E-state index in [0.717, 1.165) is 5.56 Å². The van der Waals surface area contributed by atoms with Crippen LogP contribution in [0.5, 0.6) is 0 Å². The van der Waals surface area contributed by atoms with Gasteiger partial charge in [0.05, 0.1) is 5.69 Å². The molecule has 0 unspecified atom stereocenters. The number of anilines is 1. The molecule has 0 radical (unpaired) electrons. The molecule has 2 aromatic rings. The van der Waals surface area contributed by atoms with Crippen molar-refractivity contribution in [2.24, 2.45) is 16.5 Å². The molecule has 1 aromatic carbocycles. The quantitative estimate of drug-likeness (QED) is 0.591. The number of benzene rings is 1. The van der Waals surface area contributed by atoms with E-state index in [4.69, 9.17) is 16.6 Å². The number of hydrogen-bond acceptors (Lipinski definition) is 4. The van der Waals surface area contributed by atoms with E-state index in [1.54, 1.807) is 25.1 Å². The van der Waals surface area contributed by atoms with Crippen molar-refractivity contribution in [1.82, 2.24) is 4.98 Å². The molecule has 5 N–H and O–H groups in total. The fourth-order valence-corrected chi connectivity index (χ4v) is 2.54. The second-order valence-electron chi connectivity index (χ2n) is 4.13. The number of amides is 1. The van der Waals surface area contributed by atoms with Gasteiger partial charge in [-0.3, -0.25) is 4.90 Å². The van der Waals surface area contributed by atoms with Crippen LogP contribution in [0.2, 0.25) is 0 Å². The molecule has 0 fully saturated rings. The number of carbonyl (C=O) groups is 1. The summed E-state index contributed by atoms with van der Waals surface area (Å²) in [6.45, 7) is 2.15. The van der Waals surface area contributed by atoms with Crippen LogP contribution in [0.25, 0.3) is 11.3 Å². The van der Waals surface area contributed by atoms with E-state index in [-0.39, 0.29) is 5.96 Å². The van der Waals surface area contributed by atoms with Gasteiger partial charge in [-0.2, -0.15) is 4.99 Å². The zero-order chi connectivity index (χ0) is 15.4. The number of aliphatic imine (C=N–C) groups is 1. The van der Waals surface area contributed by atoms with Crippen molar-refractivity contribution in [2.45, 2.75) is 6.92 Å². The molecule has 0 spiro atoms. The normalized spacial score (nSPS) is 10.1. The first-order valence-corrected chi connectivity index (χ1v) is 7.05. The Balaban J connectivity index is 2.35. The Labute approximate surface area is 125 Å². The maximum Gasteiger partial charge on any atom is 0.411 e. The van der Waals surface area contributed by atoms with Crippen LogP contribution in [-0.2, 0) is 0 Å². The van der Waals surface area contributed by atoms with Crippen molar-refractivity contribution in [3.8, 4) is 11.3 Å². The predicted octanol–water partition coefficient (Wildman–Crippen LogP) is 2.22. The molecule has 0 atom stereocenters. The Morgan fingerprint density at radius 1 is 1.48 bits per heavy atom. The van der Waals surface area contributed by atoms with E-state index in [0.29, 0.717) is 23.1 Å². The van der Waals surface area contributed by atoms with E-state index in [1.165, 1.54) is 16.2 Å². The summed E-state index contributed by atoms with van der Waals surface area (Å²) in [5.41, 5.74) is 12.7. The van der Waals surface area contributed by atoms with Gasteiger partial charge in [-0.05, 0) is 19.1 Å². The summed E-state index contributed by atoms with van der Waals surface area (Å²) in [7, 11) is 0. The summed E-state index contributed by atoms with van der Waals surface area (Å²) >= 11 is 1.31. The lowest BCUT2D eigenvalue weighted by molar-refractivity contribution is 0.202. The summed E-state index contributed by atoms with van der Waals surface area (Å²) in [5, 5.41) is 11.4. The molecule has 0 aliphatic heterocycles. The second kappa shape index (κ2) is 6.23. The number of rotatable bonds is 4. The first kappa shape index (κ1) is 14.8. The Bertz CT molecular complexity index is 679. The zero-order valence-electron chi connectivity index (χ0n) is 11.4. The largest absolute Gasteiger partial charge is 0.465 e. The maximum atomic E-state index is 11.2. The molecular weight excluding hydrogens is 290 g/mol. The van der Waals surface area contributed by atoms with Gasteiger partial charge in [0, 0.05) is 23.2 Å². The van der Waals surface area contributed by atoms with Gasteiger partial charge in [0.25, 0.3) is 0 Å². The van der Waals surface area contributed by atoms with Crippen LogP contribution in [-0.4, -0.2) is 28.7 Å². The smallest absolute Gasteiger partial charge is 0.411 e. The topological polar surface area (TPSA) is 118 Å². The van der Waals surface area contributed by atoms with Crippen LogP contribution in [0.1, 0.15) is 6.92 Å². The third-order valence-electron chi connectivity index (χ3n) is 2.72. The van der Waals surface area contributed by atoms with Gasteiger partial charge in [-0.1, -0.05) is 12.1 Å². The van der Waals surface area contributed by atoms with Gasteiger partial charge in [0.15, 0.2) is 5.96 Å². The number of carboxylic acid groups (broad SMARTS) is 1. The fourth-order valence-electron chi connectivity index (χ4n) is 1.82. The van der Waals surface area contributed by atoms with Gasteiger partial charge < -0.3 is 16.6 Å². The Morgan fingerprint density at radius 2 is 2.24 bits per heavy atom. The van der Waals surface area contributed by atoms with E-state index < -0.39 is 6.09 Å². The van der Waals surface area contributed by atoms with Crippen molar-refractivity contribution in [2.75, 3.05) is 11.4 Å². The highest BCUT2D eigenvalue weighted by Gasteiger charge is 2.13. The van der Waals surface area contributed by atoms with E-state index >= 15 is 0 Å². The Kier molecular flexibility index (Phi) is 4.39. The summed E-state index contributed by atoms with van der Waals surface area (Å²) < 4.78 is 0. The molecule has 1 heterocycles. The molecule has 1 aromatic heterocycles. The molecule has 110 valence electrons. The lowest BCUT2D eigenvalue weighted by atomic mass is 10.1. The number of nitrogens with zero attached hydrogens (tertiary/aromatic N) is 3. The van der Waals surface area contributed by atoms with Crippen molar-refractivity contribution in [3.05, 3.63) is 29.6 Å². The highest BCUT2D eigenvalue weighted by Crippen LogP contribution is 2.29. The summed E-state index contributed by atoms with van der Waals surface area (Å²) in [5.74, 6) is -0.0484. The first-order chi connectivity index (χ1) is 10.0. The van der Waals surface area contributed by atoms with Crippen LogP contribution >= 0.6 is 11.3 Å². The molecule has 7 nitrogen and oxygen atoms in total. The average molecular weight is 305 g/mol. The molecule has 8 heteroatoms. The molecule has 2 rings (SSSR count). The molecule has 0 bridgehead atoms. The summed E-state index contributed by atoms with van der Waals surface area (Å²) in [6, 6.07) is 7.15. The number of aromatic nitrogens is 1. The minimum absolute atomic E-state index is 0.0484. The monoisotopic (exact) mass is 305 g/mol. The maximum absolute atomic E-state index is 11.2. The number of thiazole rings is 1. The second-order valence-corrected chi connectivity index (χ2v) is 4.97. The van der Waals surface area contributed by atoms with E-state index in [2.05, 4.69) is 9.98 Å². The molecule has 0 saturated heterocycles. The standard InChI is InChI=1S/C13H15N5O2S/c1-2-18(13(19)20)9-5-3-4-8(6-9)10-7-21-12(16-10)17-11(14)15/h3-7H,2H2,1H3,(H,19,20)(H4,14,15,16,17). The molecule has 0 aliphatic carbocycles. The van der Waals surface area contributed by atoms with Crippen LogP contribution in [0.15, 0.2) is 34.6 Å². The molecule has 1 amide bonds. The third kappa shape index (κ3) is 3.48. The van der Waals surface area contributed by atoms with Crippen LogP contribution in [0.4, 0.5) is 15.6 Å². The van der Waals surface area contributed by atoms with Crippen molar-refractivity contribution >= 4 is 34.2 Å². The Morgan fingerprint density at radius 3 is 2.86 bits per heavy atom. The van der Waals surface area contributed by atoms with Gasteiger partial charge in [0.2, 0.25) is 5.13 Å². The third-order valence-corrected chi connectivity index (χ3v) is 3.45. The van der Waals surface area contributed by atoms with Crippen LogP contribution in [0, 0.1) is 0 Å². The van der Waals surface area contributed by atoms with Gasteiger partial charge >= 0.3 is 6.09 Å². The summed E-state index contributed by atoms with van der Waals surface area (Å²) in [4.78, 5) is 20.6. The van der Waals surface area contributed by atoms with Crippen molar-refractivity contribution in [3.63, 3.8) is 0 Å². The van der Waals surface area contributed by atoms with Gasteiger partial charge in [-0.25, -0.2) is 9.78 Å². The molecular formula is C13H15N5O2S. The fraction of sp³-hybridized carbons (Fsp3) is 0.154. The van der Waals surface area contributed by atoms with Gasteiger partial charge in [0.1, 0.15) is 0 Å². The highest BCUT2D eigenvalue weighted by molar-refractivity contribution is 7.13. The van der Waals surface area contributed by atoms with Crippen molar-refractivity contribution in [1.29, 1.82) is 0 Å². The Hall–Kier alpha value is -2.61. The van der Waals surface area contributed by atoms with Crippen LogP contribution in [0.3, 0.4) is 0 Å². The lowest BCUT2D eigenvalue weighted by Gasteiger charge is -2.17. The first-order valence-electron chi connectivity index (χ1n) is 6.17. The van der Waals surface area contributed by atoms with Crippen LogP contribution < -0.4 is 16.4 Å². The van der Waals surface area contributed by atoms with Crippen molar-refractivity contribution < 1.29 is 9.90 Å². The zero-order valence-corrected chi connectivity index (χ0v) is 12.2. The highest BCUT2D eigenvalue weighted by atomic mass is 32.1. The van der Waals surface area contributed by atoms with E-state index in [9.17, 15) is 4.79 Å². The number of guanidine groups is 1. The SMILES string of the molecule is CCN(C(=O)O)c1cccc(-c2csc(N=C(N)N)n2)c1. The average Bonchev–Trinajstić information content (AvgIpc) is 2.87. The molecule has 0 aliphatic rings. The number of nitrogens with two attached hydrogens (primary N) is 2. The minimum Gasteiger partial charge on any atom is -0.465 e. The summed E-state index contributed by atoms with van der Waals surface area (Å²) in [6.07, 6.45) is -0.992.